The number of ether oxygens (including phenoxy) is 2. The highest BCUT2D eigenvalue weighted by Crippen LogP contribution is 2.19. The number of para-hydroxylation sites is 2. The van der Waals surface area contributed by atoms with E-state index in [9.17, 15) is 9.59 Å². The first-order valence-corrected chi connectivity index (χ1v) is 10.5. The van der Waals surface area contributed by atoms with Crippen LogP contribution in [0.15, 0.2) is 48.5 Å². The third kappa shape index (κ3) is 7.99. The minimum Gasteiger partial charge on any atom is -0.492 e. The lowest BCUT2D eigenvalue weighted by Gasteiger charge is -2.15. The predicted octanol–water partition coefficient (Wildman–Crippen LogP) is 3.61. The van der Waals surface area contributed by atoms with Crippen LogP contribution >= 0.6 is 12.2 Å². The van der Waals surface area contributed by atoms with Crippen molar-refractivity contribution in [2.45, 2.75) is 20.3 Å². The third-order valence-electron chi connectivity index (χ3n) is 4.16. The first-order valence-electron chi connectivity index (χ1n) is 10.1. The number of carbonyl (C=O) groups is 2. The van der Waals surface area contributed by atoms with Crippen LogP contribution in [0.25, 0.3) is 0 Å². The number of hydrogen-bond acceptors (Lipinski definition) is 5. The van der Waals surface area contributed by atoms with Crippen molar-refractivity contribution in [3.05, 3.63) is 59.7 Å². The topological polar surface area (TPSA) is 88.7 Å². The molecule has 0 aliphatic rings. The number of anilines is 1. The molecule has 0 atom stereocenters. The number of amides is 2. The van der Waals surface area contributed by atoms with E-state index < -0.39 is 5.91 Å². The maximum atomic E-state index is 12.7. The SMILES string of the molecule is COCCCNC(=O)c1ccccc1NC(=S)NC(=O)c1ccccc1OCC(C)C. The lowest BCUT2D eigenvalue weighted by Crippen LogP contribution is -2.35. The van der Waals surface area contributed by atoms with Crippen molar-refractivity contribution in [3.8, 4) is 5.75 Å². The summed E-state index contributed by atoms with van der Waals surface area (Å²) in [5.74, 6) is 0.197. The Morgan fingerprint density at radius 3 is 2.39 bits per heavy atom. The van der Waals surface area contributed by atoms with Crippen LogP contribution in [0.5, 0.6) is 5.75 Å². The Balaban J connectivity index is 2.02. The van der Waals surface area contributed by atoms with E-state index in [2.05, 4.69) is 16.0 Å². The van der Waals surface area contributed by atoms with Crippen LogP contribution in [0.1, 0.15) is 41.0 Å². The lowest BCUT2D eigenvalue weighted by molar-refractivity contribution is 0.0947. The van der Waals surface area contributed by atoms with Gasteiger partial charge < -0.3 is 20.1 Å². The molecule has 2 rings (SSSR count). The van der Waals surface area contributed by atoms with Crippen molar-refractivity contribution in [2.75, 3.05) is 32.2 Å². The van der Waals surface area contributed by atoms with E-state index in [-0.39, 0.29) is 11.0 Å². The Morgan fingerprint density at radius 1 is 1.00 bits per heavy atom. The number of rotatable bonds is 10. The Hall–Kier alpha value is -2.97. The fourth-order valence-corrected chi connectivity index (χ4v) is 2.87. The van der Waals surface area contributed by atoms with E-state index in [1.54, 1.807) is 49.6 Å². The first kappa shape index (κ1) is 24.3. The molecule has 0 unspecified atom stereocenters. The quantitative estimate of drug-likeness (QED) is 0.384. The van der Waals surface area contributed by atoms with Gasteiger partial charge in [0.2, 0.25) is 0 Å². The molecule has 7 nitrogen and oxygen atoms in total. The Labute approximate surface area is 188 Å². The fraction of sp³-hybridized carbons (Fsp3) is 0.348. The van der Waals surface area contributed by atoms with Gasteiger partial charge in [0.1, 0.15) is 5.75 Å². The van der Waals surface area contributed by atoms with E-state index in [4.69, 9.17) is 21.7 Å². The summed E-state index contributed by atoms with van der Waals surface area (Å²) < 4.78 is 10.7. The molecule has 2 amide bonds. The number of thiocarbonyl (C=S) groups is 1. The largest absolute Gasteiger partial charge is 0.492 e. The minimum absolute atomic E-state index is 0.0864. The number of methoxy groups -OCH3 is 1. The van der Waals surface area contributed by atoms with Gasteiger partial charge in [0.05, 0.1) is 23.4 Å². The summed E-state index contributed by atoms with van der Waals surface area (Å²) in [6.07, 6.45) is 0.713. The van der Waals surface area contributed by atoms with Gasteiger partial charge in [-0.05, 0) is 48.8 Å². The van der Waals surface area contributed by atoms with E-state index in [0.717, 1.165) is 0 Å². The molecular weight excluding hydrogens is 414 g/mol. The Bertz CT molecular complexity index is 902. The first-order chi connectivity index (χ1) is 14.9. The van der Waals surface area contributed by atoms with Crippen LogP contribution in [0.4, 0.5) is 5.69 Å². The molecule has 0 heterocycles. The molecule has 0 fully saturated rings. The van der Waals surface area contributed by atoms with Crippen LogP contribution in [-0.4, -0.2) is 43.8 Å². The van der Waals surface area contributed by atoms with Crippen LogP contribution in [-0.2, 0) is 4.74 Å². The van der Waals surface area contributed by atoms with Crippen molar-refractivity contribution >= 4 is 34.8 Å². The highest BCUT2D eigenvalue weighted by atomic mass is 32.1. The summed E-state index contributed by atoms with van der Waals surface area (Å²) in [4.78, 5) is 25.2. The predicted molar refractivity (Wildman–Crippen MR) is 126 cm³/mol. The maximum absolute atomic E-state index is 12.7. The van der Waals surface area contributed by atoms with Gasteiger partial charge in [0.15, 0.2) is 5.11 Å². The van der Waals surface area contributed by atoms with Crippen molar-refractivity contribution in [1.29, 1.82) is 0 Å². The Morgan fingerprint density at radius 2 is 1.68 bits per heavy atom. The lowest BCUT2D eigenvalue weighted by atomic mass is 10.1. The standard InChI is InChI=1S/C23H29N3O4S/c1-16(2)15-30-20-12-7-5-10-18(20)22(28)26-23(31)25-19-11-6-4-9-17(19)21(27)24-13-8-14-29-3/h4-7,9-12,16H,8,13-15H2,1-3H3,(H,24,27)(H2,25,26,28,31). The van der Waals surface area contributed by atoms with Crippen LogP contribution in [0.2, 0.25) is 0 Å². The third-order valence-corrected chi connectivity index (χ3v) is 4.37. The monoisotopic (exact) mass is 443 g/mol. The van der Waals surface area contributed by atoms with Gasteiger partial charge in [0, 0.05) is 20.3 Å². The van der Waals surface area contributed by atoms with Gasteiger partial charge >= 0.3 is 0 Å². The van der Waals surface area contributed by atoms with Crippen LogP contribution in [0.3, 0.4) is 0 Å². The molecule has 0 spiro atoms. The highest BCUT2D eigenvalue weighted by molar-refractivity contribution is 7.80. The zero-order valence-corrected chi connectivity index (χ0v) is 18.9. The van der Waals surface area contributed by atoms with Gasteiger partial charge in [-0.25, -0.2) is 0 Å². The van der Waals surface area contributed by atoms with Crippen molar-refractivity contribution in [2.24, 2.45) is 5.92 Å². The van der Waals surface area contributed by atoms with Gasteiger partial charge in [-0.3, -0.25) is 14.9 Å². The van der Waals surface area contributed by atoms with Crippen molar-refractivity contribution in [1.82, 2.24) is 10.6 Å². The summed E-state index contributed by atoms with van der Waals surface area (Å²) >= 11 is 5.30. The summed E-state index contributed by atoms with van der Waals surface area (Å²) in [5.41, 5.74) is 1.31. The second-order valence-electron chi connectivity index (χ2n) is 7.26. The van der Waals surface area contributed by atoms with Gasteiger partial charge in [-0.2, -0.15) is 0 Å². The second kappa shape index (κ2) is 12.7. The van der Waals surface area contributed by atoms with E-state index in [0.29, 0.717) is 54.7 Å². The summed E-state index contributed by atoms with van der Waals surface area (Å²) in [6.45, 7) is 5.63. The number of benzene rings is 2. The number of nitrogens with one attached hydrogen (secondary N) is 3. The molecule has 8 heteroatoms. The molecule has 0 saturated carbocycles. The molecule has 0 radical (unpaired) electrons. The number of hydrogen-bond donors (Lipinski definition) is 3. The average molecular weight is 444 g/mol. The van der Waals surface area contributed by atoms with E-state index >= 15 is 0 Å². The molecule has 0 bridgehead atoms. The second-order valence-corrected chi connectivity index (χ2v) is 7.67. The van der Waals surface area contributed by atoms with Crippen molar-refractivity contribution in [3.63, 3.8) is 0 Å². The molecule has 2 aromatic carbocycles. The van der Waals surface area contributed by atoms with E-state index in [1.165, 1.54) is 0 Å². The van der Waals surface area contributed by atoms with Crippen LogP contribution in [0, 0.1) is 5.92 Å². The molecular formula is C23H29N3O4S. The molecule has 3 N–H and O–H groups in total. The van der Waals surface area contributed by atoms with Crippen LogP contribution < -0.4 is 20.7 Å². The summed E-state index contributed by atoms with van der Waals surface area (Å²) in [7, 11) is 1.62. The van der Waals surface area contributed by atoms with Gasteiger partial charge in [-0.15, -0.1) is 0 Å². The highest BCUT2D eigenvalue weighted by Gasteiger charge is 2.16. The fourth-order valence-electron chi connectivity index (χ4n) is 2.66. The van der Waals surface area contributed by atoms with Gasteiger partial charge in [0.25, 0.3) is 11.8 Å². The molecule has 0 aliphatic carbocycles. The zero-order chi connectivity index (χ0) is 22.6. The van der Waals surface area contributed by atoms with Crippen molar-refractivity contribution < 1.29 is 19.1 Å². The molecule has 31 heavy (non-hydrogen) atoms. The Kier molecular flexibility index (Phi) is 9.93. The number of carbonyl (C=O) groups excluding carboxylic acids is 2. The van der Waals surface area contributed by atoms with E-state index in [1.807, 2.05) is 19.9 Å². The molecule has 0 saturated heterocycles. The smallest absolute Gasteiger partial charge is 0.261 e. The molecule has 166 valence electrons. The maximum Gasteiger partial charge on any atom is 0.261 e. The van der Waals surface area contributed by atoms with Gasteiger partial charge in [-0.1, -0.05) is 38.1 Å². The zero-order valence-electron chi connectivity index (χ0n) is 18.1. The average Bonchev–Trinajstić information content (AvgIpc) is 2.75. The summed E-state index contributed by atoms with van der Waals surface area (Å²) in [5, 5.41) is 8.51. The molecule has 2 aromatic rings. The molecule has 0 aromatic heterocycles. The molecule has 0 aliphatic heterocycles. The minimum atomic E-state index is -0.390. The normalized spacial score (nSPS) is 10.5. The summed E-state index contributed by atoms with van der Waals surface area (Å²) in [6, 6.07) is 14.0.